The maximum absolute atomic E-state index is 13.3. The highest BCUT2D eigenvalue weighted by molar-refractivity contribution is 7.15. The summed E-state index contributed by atoms with van der Waals surface area (Å²) in [6, 6.07) is 19.4. The van der Waals surface area contributed by atoms with E-state index < -0.39 is 6.17 Å². The topological polar surface area (TPSA) is 88.0 Å². The molecule has 174 valence electrons. The average Bonchev–Trinajstić information content (AvgIpc) is 3.56. The van der Waals surface area contributed by atoms with Gasteiger partial charge >= 0.3 is 0 Å². The summed E-state index contributed by atoms with van der Waals surface area (Å²) in [5.41, 5.74) is 3.82. The molecule has 0 fully saturated rings. The number of fused-ring (bicyclic) bond motifs is 4. The van der Waals surface area contributed by atoms with E-state index in [2.05, 4.69) is 33.5 Å². The largest absolute Gasteiger partial charge is 0.351 e. The Hall–Kier alpha value is -3.75. The van der Waals surface area contributed by atoms with Crippen LogP contribution in [0.15, 0.2) is 65.7 Å². The SMILES string of the molecule is CCc1cc2c(s1)-n1c(C)nnc1C(NC(=O)c1cc3ccccc3[nH]1)N=C2c1ccccc1Cl. The molecule has 1 aliphatic rings. The van der Waals surface area contributed by atoms with Gasteiger partial charge in [-0.05, 0) is 37.6 Å². The summed E-state index contributed by atoms with van der Waals surface area (Å²) in [7, 11) is 0. The van der Waals surface area contributed by atoms with Crippen molar-refractivity contribution >= 4 is 45.5 Å². The molecule has 0 spiro atoms. The van der Waals surface area contributed by atoms with Crippen LogP contribution in [0, 0.1) is 6.92 Å². The van der Waals surface area contributed by atoms with Crippen LogP contribution >= 0.6 is 22.9 Å². The Morgan fingerprint density at radius 3 is 2.71 bits per heavy atom. The van der Waals surface area contributed by atoms with Gasteiger partial charge in [0.25, 0.3) is 5.91 Å². The number of rotatable bonds is 4. The van der Waals surface area contributed by atoms with Gasteiger partial charge in [0.15, 0.2) is 12.0 Å². The number of nitrogens with one attached hydrogen (secondary N) is 2. The molecule has 0 bridgehead atoms. The minimum Gasteiger partial charge on any atom is -0.351 e. The second-order valence-corrected chi connectivity index (χ2v) is 9.85. The van der Waals surface area contributed by atoms with Gasteiger partial charge in [0.2, 0.25) is 0 Å². The Morgan fingerprint density at radius 1 is 1.11 bits per heavy atom. The van der Waals surface area contributed by atoms with Crippen molar-refractivity contribution in [3.05, 3.63) is 99.0 Å². The van der Waals surface area contributed by atoms with Gasteiger partial charge in [-0.25, -0.2) is 0 Å². The van der Waals surface area contributed by atoms with Crippen LogP contribution in [-0.2, 0) is 6.42 Å². The van der Waals surface area contributed by atoms with Gasteiger partial charge in [0, 0.05) is 31.9 Å². The molecule has 6 rings (SSSR count). The number of nitrogens with zero attached hydrogens (tertiary/aromatic N) is 4. The molecule has 35 heavy (non-hydrogen) atoms. The molecule has 5 aromatic rings. The Balaban J connectivity index is 1.51. The summed E-state index contributed by atoms with van der Waals surface area (Å²) in [6.07, 6.45) is 0.135. The van der Waals surface area contributed by atoms with Crippen molar-refractivity contribution < 1.29 is 4.79 Å². The summed E-state index contributed by atoms with van der Waals surface area (Å²) in [5.74, 6) is 1.01. The van der Waals surface area contributed by atoms with E-state index in [1.54, 1.807) is 11.3 Å². The van der Waals surface area contributed by atoms with E-state index in [1.165, 1.54) is 4.88 Å². The van der Waals surface area contributed by atoms with Crippen molar-refractivity contribution in [1.29, 1.82) is 0 Å². The monoisotopic (exact) mass is 500 g/mol. The lowest BCUT2D eigenvalue weighted by Gasteiger charge is -2.14. The third-order valence-corrected chi connectivity index (χ3v) is 7.69. The molecule has 1 unspecified atom stereocenters. The summed E-state index contributed by atoms with van der Waals surface area (Å²) in [4.78, 5) is 22.8. The number of amides is 1. The van der Waals surface area contributed by atoms with Crippen molar-refractivity contribution in [2.45, 2.75) is 26.4 Å². The summed E-state index contributed by atoms with van der Waals surface area (Å²) in [5, 5.41) is 14.3. The van der Waals surface area contributed by atoms with Crippen molar-refractivity contribution in [1.82, 2.24) is 25.1 Å². The first-order valence-electron chi connectivity index (χ1n) is 11.3. The molecule has 0 aliphatic carbocycles. The molecule has 1 amide bonds. The number of benzene rings is 2. The van der Waals surface area contributed by atoms with E-state index in [0.29, 0.717) is 22.3 Å². The molecule has 0 radical (unpaired) electrons. The fraction of sp³-hybridized carbons (Fsp3) is 0.154. The molecular formula is C26H21ClN6OS. The number of aryl methyl sites for hydroxylation is 2. The third kappa shape index (κ3) is 3.66. The Kier molecular flexibility index (Phi) is 5.27. The van der Waals surface area contributed by atoms with E-state index in [1.807, 2.05) is 66.1 Å². The van der Waals surface area contributed by atoms with Gasteiger partial charge in [-0.3, -0.25) is 14.4 Å². The first-order chi connectivity index (χ1) is 17.0. The molecule has 4 heterocycles. The van der Waals surface area contributed by atoms with Gasteiger partial charge in [-0.1, -0.05) is 54.9 Å². The maximum atomic E-state index is 13.3. The highest BCUT2D eigenvalue weighted by atomic mass is 35.5. The van der Waals surface area contributed by atoms with Crippen molar-refractivity contribution in [3.8, 4) is 5.00 Å². The standard InChI is InChI=1S/C26H21ClN6OS/c1-3-16-13-18-22(17-9-5-6-10-19(17)27)29-23(24-32-31-14(2)33(24)26(18)35-16)30-25(34)21-12-15-8-4-7-11-20(15)28-21/h4-13,23,28H,3H2,1-2H3,(H,30,34). The number of aliphatic imine (C=N–C) groups is 1. The number of para-hydroxylation sites is 1. The molecule has 7 nitrogen and oxygen atoms in total. The number of hydrogen-bond donors (Lipinski definition) is 2. The number of aromatic nitrogens is 4. The lowest BCUT2D eigenvalue weighted by Crippen LogP contribution is -2.29. The fourth-order valence-corrected chi connectivity index (χ4v) is 5.74. The third-order valence-electron chi connectivity index (χ3n) is 6.09. The van der Waals surface area contributed by atoms with Gasteiger partial charge in [0.05, 0.1) is 5.71 Å². The van der Waals surface area contributed by atoms with Gasteiger partial charge in [-0.2, -0.15) is 0 Å². The molecule has 2 aromatic carbocycles. The minimum absolute atomic E-state index is 0.278. The zero-order valence-electron chi connectivity index (χ0n) is 19.0. The minimum atomic E-state index is -0.758. The quantitative estimate of drug-likeness (QED) is 0.336. The molecule has 1 atom stereocenters. The zero-order chi connectivity index (χ0) is 24.1. The first kappa shape index (κ1) is 21.8. The Bertz CT molecular complexity index is 1590. The van der Waals surface area contributed by atoms with E-state index in [-0.39, 0.29) is 5.91 Å². The summed E-state index contributed by atoms with van der Waals surface area (Å²) in [6.45, 7) is 4.03. The zero-order valence-corrected chi connectivity index (χ0v) is 20.6. The lowest BCUT2D eigenvalue weighted by atomic mass is 10.0. The van der Waals surface area contributed by atoms with Gasteiger partial charge in [0.1, 0.15) is 16.5 Å². The van der Waals surface area contributed by atoms with Gasteiger partial charge in [-0.15, -0.1) is 21.5 Å². The van der Waals surface area contributed by atoms with E-state index in [4.69, 9.17) is 16.6 Å². The smallest absolute Gasteiger partial charge is 0.269 e. The van der Waals surface area contributed by atoms with Crippen LogP contribution in [0.4, 0.5) is 0 Å². The fourth-order valence-electron chi connectivity index (χ4n) is 4.37. The molecule has 1 aliphatic heterocycles. The highest BCUT2D eigenvalue weighted by Crippen LogP contribution is 2.37. The highest BCUT2D eigenvalue weighted by Gasteiger charge is 2.31. The number of thiophene rings is 1. The second kappa shape index (κ2) is 8.48. The number of H-pyrrole nitrogens is 1. The second-order valence-electron chi connectivity index (χ2n) is 8.33. The molecule has 2 N–H and O–H groups in total. The lowest BCUT2D eigenvalue weighted by molar-refractivity contribution is 0.0932. The predicted molar refractivity (Wildman–Crippen MR) is 139 cm³/mol. The van der Waals surface area contributed by atoms with E-state index in [0.717, 1.165) is 39.3 Å². The first-order valence-corrected chi connectivity index (χ1v) is 12.5. The predicted octanol–water partition coefficient (Wildman–Crippen LogP) is 5.61. The normalized spacial score (nSPS) is 14.8. The number of carbonyl (C=O) groups is 1. The number of hydrogen-bond acceptors (Lipinski definition) is 5. The van der Waals surface area contributed by atoms with E-state index in [9.17, 15) is 4.79 Å². The van der Waals surface area contributed by atoms with Crippen molar-refractivity contribution in [2.75, 3.05) is 0 Å². The number of carbonyl (C=O) groups excluding carboxylic acids is 1. The van der Waals surface area contributed by atoms with Crippen molar-refractivity contribution in [2.24, 2.45) is 4.99 Å². The molecular weight excluding hydrogens is 480 g/mol. The van der Waals surface area contributed by atoms with Crippen LogP contribution in [0.3, 0.4) is 0 Å². The Labute approximate surface area is 210 Å². The molecule has 0 saturated carbocycles. The Morgan fingerprint density at radius 2 is 1.91 bits per heavy atom. The van der Waals surface area contributed by atoms with Crippen LogP contribution in [0.5, 0.6) is 0 Å². The van der Waals surface area contributed by atoms with E-state index >= 15 is 0 Å². The van der Waals surface area contributed by atoms with Gasteiger partial charge < -0.3 is 10.3 Å². The van der Waals surface area contributed by atoms with Crippen molar-refractivity contribution in [3.63, 3.8) is 0 Å². The molecule has 0 saturated heterocycles. The molecule has 9 heteroatoms. The van der Waals surface area contributed by atoms with Crippen LogP contribution in [0.1, 0.15) is 51.2 Å². The summed E-state index contributed by atoms with van der Waals surface area (Å²) >= 11 is 8.30. The van der Waals surface area contributed by atoms with Crippen LogP contribution < -0.4 is 5.32 Å². The maximum Gasteiger partial charge on any atom is 0.269 e. The number of aromatic amines is 1. The van der Waals surface area contributed by atoms with Crippen LogP contribution in [0.2, 0.25) is 5.02 Å². The van der Waals surface area contributed by atoms with Crippen LogP contribution in [-0.4, -0.2) is 31.4 Å². The number of halogens is 1. The summed E-state index contributed by atoms with van der Waals surface area (Å²) < 4.78 is 1.99. The average molecular weight is 501 g/mol. The van der Waals surface area contributed by atoms with Crippen LogP contribution in [0.25, 0.3) is 15.9 Å². The molecule has 3 aromatic heterocycles.